The first-order valence-corrected chi connectivity index (χ1v) is 12.1. The zero-order valence-corrected chi connectivity index (χ0v) is 19.8. The summed E-state index contributed by atoms with van der Waals surface area (Å²) in [5.74, 6) is 1.80. The Morgan fingerprint density at radius 3 is 2.60 bits per heavy atom. The van der Waals surface area contributed by atoms with Crippen LogP contribution in [0, 0.1) is 0 Å². The molecule has 2 N–H and O–H groups in total. The van der Waals surface area contributed by atoms with Crippen molar-refractivity contribution in [3.63, 3.8) is 0 Å². The van der Waals surface area contributed by atoms with Crippen LogP contribution in [-0.2, 0) is 0 Å². The van der Waals surface area contributed by atoms with Crippen molar-refractivity contribution < 1.29 is 24.1 Å². The third-order valence-corrected chi connectivity index (χ3v) is 6.74. The van der Waals surface area contributed by atoms with Crippen LogP contribution in [-0.4, -0.2) is 47.5 Å². The molecule has 2 aliphatic heterocycles. The average molecular weight is 476 g/mol. The largest absolute Gasteiger partial charge is 0.508 e. The first-order valence-electron chi connectivity index (χ1n) is 12.1. The monoisotopic (exact) mass is 475 g/mol. The van der Waals surface area contributed by atoms with Gasteiger partial charge in [0.2, 0.25) is 0 Å². The molecule has 0 aromatic heterocycles. The Morgan fingerprint density at radius 1 is 1.03 bits per heavy atom. The molecular formula is C29H30FNO4. The number of alkyl halides is 1. The summed E-state index contributed by atoms with van der Waals surface area (Å²) in [6.45, 7) is 4.64. The number of hydrogen-bond donors (Lipinski definition) is 2. The van der Waals surface area contributed by atoms with Crippen molar-refractivity contribution in [3.05, 3.63) is 83.4 Å². The second kappa shape index (κ2) is 10.0. The molecule has 0 amide bonds. The van der Waals surface area contributed by atoms with Gasteiger partial charge in [0.15, 0.2) is 0 Å². The smallest absolute Gasteiger partial charge is 0.150 e. The van der Waals surface area contributed by atoms with E-state index >= 15 is 0 Å². The molecule has 5 rings (SSSR count). The fourth-order valence-corrected chi connectivity index (χ4v) is 4.95. The van der Waals surface area contributed by atoms with Gasteiger partial charge in [0.25, 0.3) is 0 Å². The number of allylic oxidation sites excluding steroid dienone is 1. The zero-order chi connectivity index (χ0) is 24.4. The van der Waals surface area contributed by atoms with Gasteiger partial charge < -0.3 is 19.7 Å². The first kappa shape index (κ1) is 23.2. The molecule has 5 nitrogen and oxygen atoms in total. The van der Waals surface area contributed by atoms with Crippen molar-refractivity contribution in [1.82, 2.24) is 4.90 Å². The summed E-state index contributed by atoms with van der Waals surface area (Å²) in [5.41, 5.74) is 4.54. The van der Waals surface area contributed by atoms with Gasteiger partial charge in [-0.3, -0.25) is 4.90 Å². The van der Waals surface area contributed by atoms with Crippen LogP contribution in [0.2, 0.25) is 0 Å². The number of phenolic OH excluding ortho intramolecular Hbond substituents is 2. The molecule has 1 saturated heterocycles. The van der Waals surface area contributed by atoms with E-state index in [0.29, 0.717) is 31.9 Å². The van der Waals surface area contributed by atoms with Crippen molar-refractivity contribution in [2.75, 3.05) is 26.2 Å². The lowest BCUT2D eigenvalue weighted by Gasteiger charge is -2.31. The number of nitrogens with zero attached hydrogens (tertiary/aromatic N) is 1. The molecule has 3 aromatic carbocycles. The Bertz CT molecular complexity index is 1220. The molecule has 35 heavy (non-hydrogen) atoms. The number of phenols is 2. The van der Waals surface area contributed by atoms with E-state index in [-0.39, 0.29) is 11.5 Å². The van der Waals surface area contributed by atoms with Crippen molar-refractivity contribution >= 4 is 11.1 Å². The fourth-order valence-electron chi connectivity index (χ4n) is 4.95. The molecule has 0 aliphatic carbocycles. The van der Waals surface area contributed by atoms with Crippen LogP contribution in [0.25, 0.3) is 11.1 Å². The summed E-state index contributed by atoms with van der Waals surface area (Å²) in [6, 6.07) is 20.0. The Labute approximate surface area is 205 Å². The van der Waals surface area contributed by atoms with Crippen molar-refractivity contribution in [3.8, 4) is 23.0 Å². The molecule has 3 aromatic rings. The Hall–Kier alpha value is -3.51. The third-order valence-electron chi connectivity index (χ3n) is 6.74. The molecule has 0 radical (unpaired) electrons. The number of hydrogen-bond acceptors (Lipinski definition) is 5. The minimum Gasteiger partial charge on any atom is -0.508 e. The third kappa shape index (κ3) is 5.13. The van der Waals surface area contributed by atoms with Gasteiger partial charge in [0, 0.05) is 24.2 Å². The van der Waals surface area contributed by atoms with Crippen molar-refractivity contribution in [2.24, 2.45) is 0 Å². The minimum absolute atomic E-state index is 0.175. The van der Waals surface area contributed by atoms with E-state index in [2.05, 4.69) is 4.90 Å². The van der Waals surface area contributed by atoms with Gasteiger partial charge in [-0.1, -0.05) is 24.3 Å². The molecule has 2 unspecified atom stereocenters. The lowest BCUT2D eigenvalue weighted by molar-refractivity contribution is 0.121. The maximum absolute atomic E-state index is 13.6. The van der Waals surface area contributed by atoms with Crippen LogP contribution in [0.4, 0.5) is 4.39 Å². The standard InChI is InChI=1S/C29H30FNO4/c1-19-26-17-24(33)9-12-27(26)35-29(28(19)21-4-2-6-23(32)16-21)20-7-10-25(11-8-20)34-15-14-31-13-3-5-22(30)18-31/h2,4,6-12,16-17,22,29,32-33H,3,5,13-15,18H2,1H3. The average Bonchev–Trinajstić information content (AvgIpc) is 2.85. The number of fused-ring (bicyclic) bond motifs is 1. The van der Waals surface area contributed by atoms with Crippen LogP contribution in [0.5, 0.6) is 23.0 Å². The summed E-state index contributed by atoms with van der Waals surface area (Å²) in [6.07, 6.45) is 0.434. The predicted molar refractivity (Wildman–Crippen MR) is 135 cm³/mol. The van der Waals surface area contributed by atoms with Crippen LogP contribution in [0.15, 0.2) is 66.7 Å². The topological polar surface area (TPSA) is 62.2 Å². The molecule has 6 heteroatoms. The number of aromatic hydroxyl groups is 2. The number of benzene rings is 3. The predicted octanol–water partition coefficient (Wildman–Crippen LogP) is 5.97. The van der Waals surface area contributed by atoms with Crippen molar-refractivity contribution in [2.45, 2.75) is 32.0 Å². The van der Waals surface area contributed by atoms with E-state index in [1.165, 1.54) is 0 Å². The van der Waals surface area contributed by atoms with Gasteiger partial charge in [-0.25, -0.2) is 4.39 Å². The van der Waals surface area contributed by atoms with E-state index in [9.17, 15) is 14.6 Å². The Balaban J connectivity index is 1.38. The zero-order valence-electron chi connectivity index (χ0n) is 19.8. The van der Waals surface area contributed by atoms with E-state index in [1.54, 1.807) is 30.3 Å². The second-order valence-corrected chi connectivity index (χ2v) is 9.22. The normalized spacial score (nSPS) is 20.3. The number of halogens is 1. The summed E-state index contributed by atoms with van der Waals surface area (Å²) in [5, 5.41) is 20.1. The molecule has 0 spiro atoms. The number of likely N-dealkylation sites (tertiary alicyclic amines) is 1. The molecule has 0 bridgehead atoms. The summed E-state index contributed by atoms with van der Waals surface area (Å²) < 4.78 is 26.0. The van der Waals surface area contributed by atoms with E-state index in [1.807, 2.05) is 43.3 Å². The molecule has 0 saturated carbocycles. The number of piperidine rings is 1. The minimum atomic E-state index is -0.732. The SMILES string of the molecule is CC1=C(c2cccc(O)c2)C(c2ccc(OCCN3CCCC(F)C3)cc2)Oc2ccc(O)cc21. The highest BCUT2D eigenvalue weighted by Gasteiger charge is 2.29. The fraction of sp³-hybridized carbons (Fsp3) is 0.310. The highest BCUT2D eigenvalue weighted by molar-refractivity contribution is 5.95. The molecule has 2 heterocycles. The summed E-state index contributed by atoms with van der Waals surface area (Å²) >= 11 is 0. The summed E-state index contributed by atoms with van der Waals surface area (Å²) in [7, 11) is 0. The highest BCUT2D eigenvalue weighted by Crippen LogP contribution is 2.47. The maximum atomic E-state index is 13.6. The number of ether oxygens (including phenoxy) is 2. The quantitative estimate of drug-likeness (QED) is 0.460. The maximum Gasteiger partial charge on any atom is 0.150 e. The van der Waals surface area contributed by atoms with Gasteiger partial charge in [-0.15, -0.1) is 0 Å². The second-order valence-electron chi connectivity index (χ2n) is 9.22. The summed E-state index contributed by atoms with van der Waals surface area (Å²) in [4.78, 5) is 2.11. The highest BCUT2D eigenvalue weighted by atomic mass is 19.1. The van der Waals surface area contributed by atoms with Crippen LogP contribution < -0.4 is 9.47 Å². The first-order chi connectivity index (χ1) is 17.0. The van der Waals surface area contributed by atoms with Crippen LogP contribution in [0.3, 0.4) is 0 Å². The molecular weight excluding hydrogens is 445 g/mol. The van der Waals surface area contributed by atoms with E-state index < -0.39 is 12.3 Å². The van der Waals surface area contributed by atoms with Gasteiger partial charge in [0.1, 0.15) is 41.9 Å². The molecule has 182 valence electrons. The Morgan fingerprint density at radius 2 is 1.83 bits per heavy atom. The van der Waals surface area contributed by atoms with Gasteiger partial charge >= 0.3 is 0 Å². The lowest BCUT2D eigenvalue weighted by Crippen LogP contribution is -2.38. The van der Waals surface area contributed by atoms with E-state index in [0.717, 1.165) is 46.6 Å². The molecule has 2 aliphatic rings. The van der Waals surface area contributed by atoms with Crippen molar-refractivity contribution in [1.29, 1.82) is 0 Å². The lowest BCUT2D eigenvalue weighted by atomic mass is 9.86. The van der Waals surface area contributed by atoms with Gasteiger partial charge in [-0.05, 0) is 85.5 Å². The van der Waals surface area contributed by atoms with Crippen LogP contribution in [0.1, 0.15) is 42.6 Å². The van der Waals surface area contributed by atoms with Gasteiger partial charge in [-0.2, -0.15) is 0 Å². The molecule has 2 atom stereocenters. The Kier molecular flexibility index (Phi) is 6.64. The van der Waals surface area contributed by atoms with Crippen LogP contribution >= 0.6 is 0 Å². The van der Waals surface area contributed by atoms with E-state index in [4.69, 9.17) is 9.47 Å². The molecule has 1 fully saturated rings. The number of rotatable bonds is 6. The van der Waals surface area contributed by atoms with Gasteiger partial charge in [0.05, 0.1) is 0 Å².